The van der Waals surface area contributed by atoms with Crippen molar-refractivity contribution in [3.63, 3.8) is 0 Å². The van der Waals surface area contributed by atoms with Gasteiger partial charge < -0.3 is 15.2 Å². The first-order valence-electron chi connectivity index (χ1n) is 7.08. The molecule has 1 atom stereocenters. The molecule has 6 nitrogen and oxygen atoms in total. The van der Waals surface area contributed by atoms with E-state index in [9.17, 15) is 9.00 Å². The number of hydrogen-bond donors (Lipinski definition) is 2. The fourth-order valence-corrected chi connectivity index (χ4v) is 2.77. The highest BCUT2D eigenvalue weighted by Gasteiger charge is 2.07. The minimum Gasteiger partial charge on any atom is -0.359 e. The second-order valence-corrected chi connectivity index (χ2v) is 6.18. The minimum atomic E-state index is -1.11. The van der Waals surface area contributed by atoms with Crippen molar-refractivity contribution in [1.82, 2.24) is 15.8 Å². The molecule has 0 radical (unpaired) electrons. The molecule has 0 unspecified atom stereocenters. The number of amides is 2. The number of carbonyl (C=O) groups excluding carboxylic acids is 1. The van der Waals surface area contributed by atoms with E-state index < -0.39 is 10.8 Å². The van der Waals surface area contributed by atoms with Crippen LogP contribution in [-0.4, -0.2) is 27.7 Å². The van der Waals surface area contributed by atoms with Crippen LogP contribution in [0, 0.1) is 0 Å². The minimum absolute atomic E-state index is 0.278. The zero-order valence-corrected chi connectivity index (χ0v) is 13.2. The Labute approximate surface area is 131 Å². The van der Waals surface area contributed by atoms with Gasteiger partial charge in [0.2, 0.25) is 0 Å². The summed E-state index contributed by atoms with van der Waals surface area (Å²) in [5.74, 6) is 0.986. The third-order valence-corrected chi connectivity index (χ3v) is 4.35. The van der Waals surface area contributed by atoms with Crippen LogP contribution in [0.5, 0.6) is 0 Å². The average Bonchev–Trinajstić information content (AvgIpc) is 3.02. The number of carbonyl (C=O) groups is 1. The van der Waals surface area contributed by atoms with Crippen LogP contribution < -0.4 is 10.6 Å². The maximum absolute atomic E-state index is 12.0. The molecule has 0 aliphatic heterocycles. The fraction of sp³-hybridized carbons (Fsp3) is 0.333. The van der Waals surface area contributed by atoms with E-state index in [0.29, 0.717) is 18.1 Å². The van der Waals surface area contributed by atoms with Gasteiger partial charge in [-0.05, 0) is 18.6 Å². The van der Waals surface area contributed by atoms with E-state index in [4.69, 9.17) is 4.52 Å². The molecular formula is C15H19N3O3S. The first kappa shape index (κ1) is 16.2. The van der Waals surface area contributed by atoms with Crippen LogP contribution in [-0.2, 0) is 23.8 Å². The highest BCUT2D eigenvalue weighted by atomic mass is 32.2. The van der Waals surface area contributed by atoms with Gasteiger partial charge in [0, 0.05) is 23.3 Å². The summed E-state index contributed by atoms with van der Waals surface area (Å²) in [7, 11) is -1.11. The molecule has 0 fully saturated rings. The second kappa shape index (κ2) is 8.33. The maximum Gasteiger partial charge on any atom is 0.315 e. The van der Waals surface area contributed by atoms with Crippen molar-refractivity contribution in [2.24, 2.45) is 0 Å². The van der Waals surface area contributed by atoms with Crippen molar-refractivity contribution in [2.45, 2.75) is 24.8 Å². The molecule has 1 heterocycles. The number of nitrogens with one attached hydrogen (secondary N) is 2. The van der Waals surface area contributed by atoms with Crippen molar-refractivity contribution in [2.75, 3.05) is 12.3 Å². The first-order chi connectivity index (χ1) is 10.7. The van der Waals surface area contributed by atoms with E-state index in [1.54, 1.807) is 0 Å². The first-order valence-corrected chi connectivity index (χ1v) is 8.40. The number of urea groups is 1. The number of aryl methyl sites for hydroxylation is 1. The smallest absolute Gasteiger partial charge is 0.315 e. The SMILES string of the molecule is CCc1cc(CNC(=O)NCC[S@@](=O)c2ccccc2)on1. The Morgan fingerprint density at radius 1 is 1.27 bits per heavy atom. The van der Waals surface area contributed by atoms with Crippen LogP contribution in [0.4, 0.5) is 4.79 Å². The zero-order valence-electron chi connectivity index (χ0n) is 12.4. The molecule has 2 N–H and O–H groups in total. The lowest BCUT2D eigenvalue weighted by Gasteiger charge is -2.06. The monoisotopic (exact) mass is 321 g/mol. The largest absolute Gasteiger partial charge is 0.359 e. The molecule has 7 heteroatoms. The highest BCUT2D eigenvalue weighted by Crippen LogP contribution is 2.05. The standard InChI is InChI=1S/C15H19N3O3S/c1-2-12-10-13(21-18-12)11-17-15(19)16-8-9-22(20)14-6-4-3-5-7-14/h3-7,10H,2,8-9,11H2,1H3,(H2,16,17,19)/t22-/m1/s1. The lowest BCUT2D eigenvalue weighted by Crippen LogP contribution is -2.37. The van der Waals surface area contributed by atoms with Crippen LogP contribution >= 0.6 is 0 Å². The molecule has 0 bridgehead atoms. The Morgan fingerprint density at radius 3 is 2.73 bits per heavy atom. The molecule has 1 aromatic heterocycles. The molecule has 2 aromatic rings. The van der Waals surface area contributed by atoms with Gasteiger partial charge in [-0.2, -0.15) is 0 Å². The van der Waals surface area contributed by atoms with E-state index in [-0.39, 0.29) is 12.6 Å². The van der Waals surface area contributed by atoms with Gasteiger partial charge in [-0.3, -0.25) is 4.21 Å². The maximum atomic E-state index is 12.0. The van der Waals surface area contributed by atoms with Crippen LogP contribution in [0.2, 0.25) is 0 Å². The van der Waals surface area contributed by atoms with E-state index in [1.165, 1.54) is 0 Å². The molecule has 0 aliphatic rings. The van der Waals surface area contributed by atoms with E-state index >= 15 is 0 Å². The predicted octanol–water partition coefficient (Wildman–Crippen LogP) is 1.84. The van der Waals surface area contributed by atoms with Gasteiger partial charge in [0.05, 0.1) is 23.0 Å². The van der Waals surface area contributed by atoms with Crippen molar-refractivity contribution in [3.8, 4) is 0 Å². The Kier molecular flexibility index (Phi) is 6.14. The van der Waals surface area contributed by atoms with E-state index in [2.05, 4.69) is 15.8 Å². The van der Waals surface area contributed by atoms with Crippen molar-refractivity contribution in [3.05, 3.63) is 47.9 Å². The highest BCUT2D eigenvalue weighted by molar-refractivity contribution is 7.85. The van der Waals surface area contributed by atoms with Gasteiger partial charge in [-0.15, -0.1) is 0 Å². The van der Waals surface area contributed by atoms with Crippen LogP contribution in [0.25, 0.3) is 0 Å². The molecule has 0 spiro atoms. The van der Waals surface area contributed by atoms with Gasteiger partial charge in [0.25, 0.3) is 0 Å². The summed E-state index contributed by atoms with van der Waals surface area (Å²) in [6, 6.07) is 10.7. The number of rotatable bonds is 7. The lowest BCUT2D eigenvalue weighted by molar-refractivity contribution is 0.239. The van der Waals surface area contributed by atoms with Gasteiger partial charge in [0.15, 0.2) is 5.76 Å². The molecule has 0 saturated carbocycles. The van der Waals surface area contributed by atoms with Gasteiger partial charge >= 0.3 is 6.03 Å². The lowest BCUT2D eigenvalue weighted by atomic mass is 10.3. The molecule has 1 aromatic carbocycles. The molecule has 22 heavy (non-hydrogen) atoms. The van der Waals surface area contributed by atoms with Crippen molar-refractivity contribution in [1.29, 1.82) is 0 Å². The summed E-state index contributed by atoms with van der Waals surface area (Å²) in [6.07, 6.45) is 0.793. The summed E-state index contributed by atoms with van der Waals surface area (Å²) in [5, 5.41) is 9.18. The molecule has 118 valence electrons. The molecular weight excluding hydrogens is 302 g/mol. The predicted molar refractivity (Wildman–Crippen MR) is 83.8 cm³/mol. The molecule has 0 aliphatic carbocycles. The summed E-state index contributed by atoms with van der Waals surface area (Å²) in [4.78, 5) is 12.4. The Morgan fingerprint density at radius 2 is 2.05 bits per heavy atom. The van der Waals surface area contributed by atoms with Crippen LogP contribution in [0.1, 0.15) is 18.4 Å². The number of aromatic nitrogens is 1. The summed E-state index contributed by atoms with van der Waals surface area (Å²) < 4.78 is 17.0. The molecule has 0 saturated heterocycles. The van der Waals surface area contributed by atoms with Crippen LogP contribution in [0.3, 0.4) is 0 Å². The number of benzene rings is 1. The van der Waals surface area contributed by atoms with Crippen LogP contribution in [0.15, 0.2) is 45.8 Å². The number of hydrogen-bond acceptors (Lipinski definition) is 4. The summed E-state index contributed by atoms with van der Waals surface area (Å²) >= 11 is 0. The Hall–Kier alpha value is -2.15. The summed E-state index contributed by atoms with van der Waals surface area (Å²) in [6.45, 7) is 2.60. The second-order valence-electron chi connectivity index (χ2n) is 4.61. The Bertz CT molecular complexity index is 628. The normalized spacial score (nSPS) is 11.9. The third-order valence-electron chi connectivity index (χ3n) is 2.97. The van der Waals surface area contributed by atoms with Crippen molar-refractivity contribution < 1.29 is 13.5 Å². The average molecular weight is 321 g/mol. The number of nitrogens with zero attached hydrogens (tertiary/aromatic N) is 1. The topological polar surface area (TPSA) is 84.2 Å². The zero-order chi connectivity index (χ0) is 15.8. The Balaban J connectivity index is 1.66. The third kappa shape index (κ3) is 5.00. The van der Waals surface area contributed by atoms with Gasteiger partial charge in [0.1, 0.15) is 0 Å². The van der Waals surface area contributed by atoms with E-state index in [0.717, 1.165) is 17.0 Å². The molecule has 2 amide bonds. The van der Waals surface area contributed by atoms with Crippen molar-refractivity contribution >= 4 is 16.8 Å². The quantitative estimate of drug-likeness (QED) is 0.815. The fourth-order valence-electron chi connectivity index (χ4n) is 1.78. The summed E-state index contributed by atoms with van der Waals surface area (Å²) in [5.41, 5.74) is 0.857. The van der Waals surface area contributed by atoms with E-state index in [1.807, 2.05) is 43.3 Å². The van der Waals surface area contributed by atoms with Gasteiger partial charge in [-0.25, -0.2) is 4.79 Å². The van der Waals surface area contributed by atoms with Gasteiger partial charge in [-0.1, -0.05) is 30.3 Å². The molecule has 2 rings (SSSR count).